The van der Waals surface area contributed by atoms with Crippen molar-refractivity contribution < 1.29 is 0 Å². The van der Waals surface area contributed by atoms with E-state index in [9.17, 15) is 0 Å². The molecule has 13 heavy (non-hydrogen) atoms. The van der Waals surface area contributed by atoms with Crippen molar-refractivity contribution in [2.75, 3.05) is 26.2 Å². The lowest BCUT2D eigenvalue weighted by molar-refractivity contribution is 0.122. The van der Waals surface area contributed by atoms with Crippen LogP contribution < -0.4 is 11.1 Å². The maximum Gasteiger partial charge on any atom is 0.0248 e. The topological polar surface area (TPSA) is 41.3 Å². The molecule has 0 amide bonds. The van der Waals surface area contributed by atoms with E-state index in [0.717, 1.165) is 13.1 Å². The van der Waals surface area contributed by atoms with E-state index in [1.807, 2.05) is 0 Å². The van der Waals surface area contributed by atoms with E-state index >= 15 is 0 Å². The molecule has 2 aliphatic rings. The summed E-state index contributed by atoms with van der Waals surface area (Å²) in [5.41, 5.74) is 6.15. The lowest BCUT2D eigenvalue weighted by Gasteiger charge is -2.40. The van der Waals surface area contributed by atoms with Crippen LogP contribution >= 0.6 is 0 Å². The molecule has 1 heterocycles. The Labute approximate surface area is 80.7 Å². The maximum atomic E-state index is 6.15. The average molecular weight is 183 g/mol. The minimum absolute atomic E-state index is 0.437. The monoisotopic (exact) mass is 183 g/mol. The average Bonchev–Trinajstić information content (AvgIpc) is 2.20. The van der Waals surface area contributed by atoms with Gasteiger partial charge < -0.3 is 11.1 Å². The summed E-state index contributed by atoms with van der Waals surface area (Å²) in [5, 5.41) is 3.39. The number of nitrogens with one attached hydrogen (secondary N) is 1. The first kappa shape index (κ1) is 9.44. The van der Waals surface area contributed by atoms with Crippen LogP contribution in [0.15, 0.2) is 0 Å². The van der Waals surface area contributed by atoms with Crippen LogP contribution in [0.5, 0.6) is 0 Å². The van der Waals surface area contributed by atoms with Crippen molar-refractivity contribution in [1.82, 2.24) is 10.2 Å². The van der Waals surface area contributed by atoms with Gasteiger partial charge in [-0.3, -0.25) is 4.90 Å². The molecular formula is C10H21N3. The SMILES string of the molecule is N[C@H]1CCCC[C@H]1N1CCNCC1. The van der Waals surface area contributed by atoms with Gasteiger partial charge in [0.25, 0.3) is 0 Å². The summed E-state index contributed by atoms with van der Waals surface area (Å²) < 4.78 is 0. The fourth-order valence-electron chi connectivity index (χ4n) is 2.61. The standard InChI is InChI=1S/C10H21N3/c11-9-3-1-2-4-10(9)13-7-5-12-6-8-13/h9-10,12H,1-8,11H2/t9-,10+/m0/s1. The Morgan fingerprint density at radius 2 is 1.77 bits per heavy atom. The molecule has 3 N–H and O–H groups in total. The van der Waals surface area contributed by atoms with E-state index in [0.29, 0.717) is 12.1 Å². The summed E-state index contributed by atoms with van der Waals surface area (Å²) in [4.78, 5) is 2.58. The molecule has 2 rings (SSSR count). The summed E-state index contributed by atoms with van der Waals surface area (Å²) in [6.07, 6.45) is 5.27. The van der Waals surface area contributed by atoms with Crippen molar-refractivity contribution in [2.45, 2.75) is 37.8 Å². The molecule has 1 saturated carbocycles. The van der Waals surface area contributed by atoms with Crippen LogP contribution in [0.2, 0.25) is 0 Å². The van der Waals surface area contributed by atoms with Crippen molar-refractivity contribution in [3.8, 4) is 0 Å². The second-order valence-corrected chi connectivity index (χ2v) is 4.30. The number of nitrogens with two attached hydrogens (primary N) is 1. The second kappa shape index (κ2) is 4.40. The summed E-state index contributed by atoms with van der Waals surface area (Å²) in [5.74, 6) is 0. The fourth-order valence-corrected chi connectivity index (χ4v) is 2.61. The van der Waals surface area contributed by atoms with Crippen LogP contribution in [-0.4, -0.2) is 43.2 Å². The van der Waals surface area contributed by atoms with Gasteiger partial charge in [0.2, 0.25) is 0 Å². The summed E-state index contributed by atoms with van der Waals surface area (Å²) >= 11 is 0. The van der Waals surface area contributed by atoms with Crippen LogP contribution in [0.4, 0.5) is 0 Å². The zero-order chi connectivity index (χ0) is 9.10. The lowest BCUT2D eigenvalue weighted by atomic mass is 9.89. The zero-order valence-corrected chi connectivity index (χ0v) is 8.34. The normalized spacial score (nSPS) is 37.6. The van der Waals surface area contributed by atoms with Crippen molar-refractivity contribution in [3.63, 3.8) is 0 Å². The third kappa shape index (κ3) is 2.22. The highest BCUT2D eigenvalue weighted by Crippen LogP contribution is 2.21. The molecule has 1 aliphatic carbocycles. The predicted octanol–water partition coefficient (Wildman–Crippen LogP) is 0.162. The Morgan fingerprint density at radius 3 is 2.46 bits per heavy atom. The first-order valence-corrected chi connectivity index (χ1v) is 5.58. The fraction of sp³-hybridized carbons (Fsp3) is 1.00. The summed E-state index contributed by atoms with van der Waals surface area (Å²) in [6, 6.07) is 1.11. The smallest absolute Gasteiger partial charge is 0.0248 e. The molecule has 1 saturated heterocycles. The van der Waals surface area contributed by atoms with Gasteiger partial charge in [-0.05, 0) is 12.8 Å². The van der Waals surface area contributed by atoms with Gasteiger partial charge in [-0.25, -0.2) is 0 Å². The highest BCUT2D eigenvalue weighted by molar-refractivity contribution is 4.87. The van der Waals surface area contributed by atoms with E-state index in [2.05, 4.69) is 10.2 Å². The highest BCUT2D eigenvalue weighted by atomic mass is 15.2. The van der Waals surface area contributed by atoms with Gasteiger partial charge in [-0.1, -0.05) is 12.8 Å². The number of piperazine rings is 1. The van der Waals surface area contributed by atoms with Crippen molar-refractivity contribution in [1.29, 1.82) is 0 Å². The number of hydrogen-bond acceptors (Lipinski definition) is 3. The lowest BCUT2D eigenvalue weighted by Crippen LogP contribution is -2.55. The first-order valence-electron chi connectivity index (χ1n) is 5.58. The quantitative estimate of drug-likeness (QED) is 0.608. The molecule has 3 nitrogen and oxygen atoms in total. The van der Waals surface area contributed by atoms with Gasteiger partial charge in [0.1, 0.15) is 0 Å². The van der Waals surface area contributed by atoms with Gasteiger partial charge in [0.15, 0.2) is 0 Å². The number of nitrogens with zero attached hydrogens (tertiary/aromatic N) is 1. The molecule has 1 aliphatic heterocycles. The largest absolute Gasteiger partial charge is 0.326 e. The third-order valence-electron chi connectivity index (χ3n) is 3.40. The molecule has 76 valence electrons. The Bertz CT molecular complexity index is 154. The molecule has 3 heteroatoms. The molecule has 2 fully saturated rings. The van der Waals surface area contributed by atoms with Crippen LogP contribution in [0.25, 0.3) is 0 Å². The molecule has 0 radical (unpaired) electrons. The Hall–Kier alpha value is -0.120. The molecule has 0 bridgehead atoms. The predicted molar refractivity (Wildman–Crippen MR) is 54.7 cm³/mol. The van der Waals surface area contributed by atoms with Crippen molar-refractivity contribution >= 4 is 0 Å². The van der Waals surface area contributed by atoms with Crippen LogP contribution in [-0.2, 0) is 0 Å². The van der Waals surface area contributed by atoms with E-state index in [1.54, 1.807) is 0 Å². The number of rotatable bonds is 1. The van der Waals surface area contributed by atoms with Crippen LogP contribution in [0, 0.1) is 0 Å². The number of hydrogen-bond donors (Lipinski definition) is 2. The van der Waals surface area contributed by atoms with Crippen molar-refractivity contribution in [3.05, 3.63) is 0 Å². The van der Waals surface area contributed by atoms with Crippen LogP contribution in [0.3, 0.4) is 0 Å². The minimum atomic E-state index is 0.437. The third-order valence-corrected chi connectivity index (χ3v) is 3.40. The van der Waals surface area contributed by atoms with E-state index in [-0.39, 0.29) is 0 Å². The summed E-state index contributed by atoms with van der Waals surface area (Å²) in [7, 11) is 0. The summed E-state index contributed by atoms with van der Waals surface area (Å²) in [6.45, 7) is 4.67. The van der Waals surface area contributed by atoms with E-state index in [1.165, 1.54) is 38.8 Å². The molecular weight excluding hydrogens is 162 g/mol. The van der Waals surface area contributed by atoms with E-state index < -0.39 is 0 Å². The Morgan fingerprint density at radius 1 is 1.08 bits per heavy atom. The molecule has 0 spiro atoms. The molecule has 0 aromatic carbocycles. The molecule has 0 unspecified atom stereocenters. The Balaban J connectivity index is 1.88. The highest BCUT2D eigenvalue weighted by Gasteiger charge is 2.27. The first-order chi connectivity index (χ1) is 6.38. The van der Waals surface area contributed by atoms with E-state index in [4.69, 9.17) is 5.73 Å². The molecule has 2 atom stereocenters. The second-order valence-electron chi connectivity index (χ2n) is 4.30. The van der Waals surface area contributed by atoms with Gasteiger partial charge >= 0.3 is 0 Å². The van der Waals surface area contributed by atoms with Gasteiger partial charge in [-0.2, -0.15) is 0 Å². The van der Waals surface area contributed by atoms with Crippen molar-refractivity contribution in [2.24, 2.45) is 5.73 Å². The van der Waals surface area contributed by atoms with Gasteiger partial charge in [0.05, 0.1) is 0 Å². The van der Waals surface area contributed by atoms with Crippen LogP contribution in [0.1, 0.15) is 25.7 Å². The minimum Gasteiger partial charge on any atom is -0.326 e. The molecule has 0 aromatic heterocycles. The zero-order valence-electron chi connectivity index (χ0n) is 8.34. The maximum absolute atomic E-state index is 6.15. The van der Waals surface area contributed by atoms with Gasteiger partial charge in [-0.15, -0.1) is 0 Å². The Kier molecular flexibility index (Phi) is 3.19. The van der Waals surface area contributed by atoms with Gasteiger partial charge in [0, 0.05) is 38.3 Å². The molecule has 0 aromatic rings.